The molecule has 19 heavy (non-hydrogen) atoms. The summed E-state index contributed by atoms with van der Waals surface area (Å²) in [5, 5.41) is 6.13. The standard InChI is InChI=1S/C12H14BrN5O/c1-3-14-10-16-11(18-12(17-10)19-2)15-9-6-4-5-8(13)7-9/h4-7H,3H2,1-2H3,(H2,14,15,16,17,18). The van der Waals surface area contributed by atoms with Gasteiger partial charge in [-0.05, 0) is 25.1 Å². The normalized spacial score (nSPS) is 10.1. The maximum Gasteiger partial charge on any atom is 0.322 e. The molecule has 1 heterocycles. The summed E-state index contributed by atoms with van der Waals surface area (Å²) in [5.74, 6) is 0.910. The van der Waals surface area contributed by atoms with Crippen molar-refractivity contribution in [1.82, 2.24) is 15.0 Å². The van der Waals surface area contributed by atoms with Crippen LogP contribution < -0.4 is 15.4 Å². The van der Waals surface area contributed by atoms with Crippen molar-refractivity contribution in [2.75, 3.05) is 24.3 Å². The van der Waals surface area contributed by atoms with Crippen molar-refractivity contribution >= 4 is 33.5 Å². The van der Waals surface area contributed by atoms with Gasteiger partial charge in [0.2, 0.25) is 11.9 Å². The minimum absolute atomic E-state index is 0.267. The Balaban J connectivity index is 2.26. The lowest BCUT2D eigenvalue weighted by Gasteiger charge is -2.08. The number of aromatic nitrogens is 3. The average molecular weight is 324 g/mol. The lowest BCUT2D eigenvalue weighted by molar-refractivity contribution is 0.379. The van der Waals surface area contributed by atoms with Crippen LogP contribution in [0.4, 0.5) is 17.6 Å². The molecule has 1 aromatic heterocycles. The Kier molecular flexibility index (Phi) is 4.51. The second kappa shape index (κ2) is 6.33. The smallest absolute Gasteiger partial charge is 0.322 e. The Bertz CT molecular complexity index is 564. The molecule has 100 valence electrons. The fourth-order valence-corrected chi connectivity index (χ4v) is 1.84. The summed E-state index contributed by atoms with van der Waals surface area (Å²) in [7, 11) is 1.52. The fourth-order valence-electron chi connectivity index (χ4n) is 1.44. The number of anilines is 3. The number of benzene rings is 1. The van der Waals surface area contributed by atoms with Gasteiger partial charge in [0.05, 0.1) is 7.11 Å². The van der Waals surface area contributed by atoms with Gasteiger partial charge in [-0.25, -0.2) is 0 Å². The highest BCUT2D eigenvalue weighted by Crippen LogP contribution is 2.20. The van der Waals surface area contributed by atoms with Gasteiger partial charge in [0.15, 0.2) is 0 Å². The van der Waals surface area contributed by atoms with Crippen LogP contribution in [0.1, 0.15) is 6.92 Å². The van der Waals surface area contributed by atoms with Crippen molar-refractivity contribution in [2.45, 2.75) is 6.92 Å². The van der Waals surface area contributed by atoms with Gasteiger partial charge in [-0.1, -0.05) is 22.0 Å². The Morgan fingerprint density at radius 3 is 2.68 bits per heavy atom. The molecule has 0 aliphatic heterocycles. The van der Waals surface area contributed by atoms with Gasteiger partial charge in [0.25, 0.3) is 0 Å². The van der Waals surface area contributed by atoms with Crippen LogP contribution in [0.15, 0.2) is 28.7 Å². The van der Waals surface area contributed by atoms with Gasteiger partial charge in [-0.2, -0.15) is 15.0 Å². The van der Waals surface area contributed by atoms with E-state index < -0.39 is 0 Å². The van der Waals surface area contributed by atoms with E-state index in [1.807, 2.05) is 31.2 Å². The zero-order valence-electron chi connectivity index (χ0n) is 10.6. The van der Waals surface area contributed by atoms with Gasteiger partial charge < -0.3 is 15.4 Å². The van der Waals surface area contributed by atoms with Crippen LogP contribution in [0.3, 0.4) is 0 Å². The monoisotopic (exact) mass is 323 g/mol. The van der Waals surface area contributed by atoms with Crippen LogP contribution in [-0.4, -0.2) is 28.6 Å². The molecule has 0 bridgehead atoms. The molecule has 0 spiro atoms. The first-order valence-electron chi connectivity index (χ1n) is 5.78. The first kappa shape index (κ1) is 13.5. The zero-order chi connectivity index (χ0) is 13.7. The van der Waals surface area contributed by atoms with Gasteiger partial charge in [-0.3, -0.25) is 0 Å². The molecule has 0 fully saturated rings. The first-order chi connectivity index (χ1) is 9.21. The van der Waals surface area contributed by atoms with Crippen molar-refractivity contribution in [3.05, 3.63) is 28.7 Å². The molecule has 1 aromatic carbocycles. The second-order valence-corrected chi connectivity index (χ2v) is 4.55. The maximum absolute atomic E-state index is 5.05. The minimum atomic E-state index is 0.267. The number of methoxy groups -OCH3 is 1. The molecular weight excluding hydrogens is 310 g/mol. The Hall–Kier alpha value is -1.89. The van der Waals surface area contributed by atoms with Crippen molar-refractivity contribution < 1.29 is 4.74 Å². The number of halogens is 1. The van der Waals surface area contributed by atoms with Gasteiger partial charge in [0, 0.05) is 16.7 Å². The fraction of sp³-hybridized carbons (Fsp3) is 0.250. The van der Waals surface area contributed by atoms with E-state index in [2.05, 4.69) is 41.5 Å². The predicted octanol–water partition coefficient (Wildman–Crippen LogP) is 2.82. The van der Waals surface area contributed by atoms with Crippen LogP contribution in [-0.2, 0) is 0 Å². The SMILES string of the molecule is CCNc1nc(Nc2cccc(Br)c2)nc(OC)n1. The van der Waals surface area contributed by atoms with E-state index >= 15 is 0 Å². The Morgan fingerprint density at radius 2 is 2.00 bits per heavy atom. The molecule has 0 saturated carbocycles. The lowest BCUT2D eigenvalue weighted by atomic mass is 10.3. The van der Waals surface area contributed by atoms with Crippen molar-refractivity contribution in [1.29, 1.82) is 0 Å². The summed E-state index contributed by atoms with van der Waals surface area (Å²) in [6.07, 6.45) is 0. The molecular formula is C12H14BrN5O. The van der Waals surface area contributed by atoms with Gasteiger partial charge in [-0.15, -0.1) is 0 Å². The molecule has 0 atom stereocenters. The van der Waals surface area contributed by atoms with Crippen molar-refractivity contribution in [3.63, 3.8) is 0 Å². The van der Waals surface area contributed by atoms with Crippen LogP contribution in [0.2, 0.25) is 0 Å². The third-order valence-electron chi connectivity index (χ3n) is 2.21. The number of hydrogen-bond acceptors (Lipinski definition) is 6. The second-order valence-electron chi connectivity index (χ2n) is 3.63. The van der Waals surface area contributed by atoms with E-state index in [4.69, 9.17) is 4.74 Å². The molecule has 0 aliphatic carbocycles. The van der Waals surface area contributed by atoms with E-state index in [1.54, 1.807) is 0 Å². The largest absolute Gasteiger partial charge is 0.467 e. The molecule has 0 unspecified atom stereocenters. The number of hydrogen-bond donors (Lipinski definition) is 2. The minimum Gasteiger partial charge on any atom is -0.467 e. The van der Waals surface area contributed by atoms with Crippen molar-refractivity contribution in [3.8, 4) is 6.01 Å². The van der Waals surface area contributed by atoms with Crippen LogP contribution in [0.5, 0.6) is 6.01 Å². The highest BCUT2D eigenvalue weighted by atomic mass is 79.9. The summed E-state index contributed by atoms with van der Waals surface area (Å²) in [6.45, 7) is 2.70. The summed E-state index contributed by atoms with van der Waals surface area (Å²) >= 11 is 3.41. The van der Waals surface area contributed by atoms with Crippen molar-refractivity contribution in [2.24, 2.45) is 0 Å². The maximum atomic E-state index is 5.05. The quantitative estimate of drug-likeness (QED) is 0.881. The first-order valence-corrected chi connectivity index (χ1v) is 6.57. The highest BCUT2D eigenvalue weighted by molar-refractivity contribution is 9.10. The van der Waals surface area contributed by atoms with E-state index in [0.717, 1.165) is 16.7 Å². The molecule has 7 heteroatoms. The van der Waals surface area contributed by atoms with E-state index in [0.29, 0.717) is 11.9 Å². The third-order valence-corrected chi connectivity index (χ3v) is 2.71. The summed E-state index contributed by atoms with van der Waals surface area (Å²) in [6, 6.07) is 8.00. The van der Waals surface area contributed by atoms with Gasteiger partial charge >= 0.3 is 6.01 Å². The third kappa shape index (κ3) is 3.78. The number of ether oxygens (including phenoxy) is 1. The summed E-state index contributed by atoms with van der Waals surface area (Å²) < 4.78 is 6.03. The Labute approximate surface area is 119 Å². The topological polar surface area (TPSA) is 72.0 Å². The molecule has 0 saturated heterocycles. The highest BCUT2D eigenvalue weighted by Gasteiger charge is 2.06. The molecule has 0 radical (unpaired) electrons. The molecule has 0 aliphatic rings. The zero-order valence-corrected chi connectivity index (χ0v) is 12.2. The summed E-state index contributed by atoms with van der Waals surface area (Å²) in [5.41, 5.74) is 0.880. The van der Waals surface area contributed by atoms with Crippen LogP contribution in [0, 0.1) is 0 Å². The predicted molar refractivity (Wildman–Crippen MR) is 78.0 cm³/mol. The Morgan fingerprint density at radius 1 is 1.21 bits per heavy atom. The number of rotatable bonds is 5. The van der Waals surface area contributed by atoms with Crippen LogP contribution in [0.25, 0.3) is 0 Å². The number of nitrogens with zero attached hydrogens (tertiary/aromatic N) is 3. The van der Waals surface area contributed by atoms with E-state index in [1.165, 1.54) is 7.11 Å². The number of nitrogens with one attached hydrogen (secondary N) is 2. The molecule has 2 rings (SSSR count). The van der Waals surface area contributed by atoms with E-state index in [9.17, 15) is 0 Å². The molecule has 6 nitrogen and oxygen atoms in total. The average Bonchev–Trinajstić information content (AvgIpc) is 2.39. The van der Waals surface area contributed by atoms with E-state index in [-0.39, 0.29) is 6.01 Å². The van der Waals surface area contributed by atoms with Gasteiger partial charge in [0.1, 0.15) is 0 Å². The van der Waals surface area contributed by atoms with Crippen LogP contribution >= 0.6 is 15.9 Å². The lowest BCUT2D eigenvalue weighted by Crippen LogP contribution is -2.07. The molecule has 2 N–H and O–H groups in total. The summed E-state index contributed by atoms with van der Waals surface area (Å²) in [4.78, 5) is 12.5. The molecule has 0 amide bonds. The molecule has 2 aromatic rings.